The van der Waals surface area contributed by atoms with Crippen LogP contribution >= 0.6 is 0 Å². The van der Waals surface area contributed by atoms with E-state index in [1.54, 1.807) is 13.8 Å². The SMILES string of the molecule is CC(C)CC(=O)C(C)(C)N. The van der Waals surface area contributed by atoms with Gasteiger partial charge in [0.2, 0.25) is 0 Å². The molecule has 0 aromatic heterocycles. The van der Waals surface area contributed by atoms with Gasteiger partial charge in [0.15, 0.2) is 5.78 Å². The van der Waals surface area contributed by atoms with Crippen molar-refractivity contribution in [1.29, 1.82) is 0 Å². The summed E-state index contributed by atoms with van der Waals surface area (Å²) in [5, 5.41) is 0. The Balaban J connectivity index is 3.87. The Hall–Kier alpha value is -0.370. The minimum absolute atomic E-state index is 0.141. The molecule has 10 heavy (non-hydrogen) atoms. The monoisotopic (exact) mass is 143 g/mol. The van der Waals surface area contributed by atoms with Crippen LogP contribution in [0.3, 0.4) is 0 Å². The number of hydrogen-bond donors (Lipinski definition) is 1. The van der Waals surface area contributed by atoms with E-state index in [0.717, 1.165) is 0 Å². The summed E-state index contributed by atoms with van der Waals surface area (Å²) >= 11 is 0. The van der Waals surface area contributed by atoms with Gasteiger partial charge in [-0.2, -0.15) is 0 Å². The average molecular weight is 143 g/mol. The quantitative estimate of drug-likeness (QED) is 0.647. The summed E-state index contributed by atoms with van der Waals surface area (Å²) in [6.07, 6.45) is 0.587. The molecule has 2 N–H and O–H groups in total. The highest BCUT2D eigenvalue weighted by Gasteiger charge is 2.21. The van der Waals surface area contributed by atoms with Gasteiger partial charge in [-0.05, 0) is 19.8 Å². The molecule has 0 unspecified atom stereocenters. The van der Waals surface area contributed by atoms with Crippen LogP contribution in [0.2, 0.25) is 0 Å². The van der Waals surface area contributed by atoms with Crippen LogP contribution in [0.25, 0.3) is 0 Å². The van der Waals surface area contributed by atoms with Gasteiger partial charge in [0.1, 0.15) is 0 Å². The van der Waals surface area contributed by atoms with Crippen molar-refractivity contribution in [3.63, 3.8) is 0 Å². The van der Waals surface area contributed by atoms with Gasteiger partial charge in [-0.15, -0.1) is 0 Å². The van der Waals surface area contributed by atoms with E-state index in [4.69, 9.17) is 5.73 Å². The summed E-state index contributed by atoms with van der Waals surface area (Å²) in [6.45, 7) is 7.53. The number of ketones is 1. The van der Waals surface area contributed by atoms with Gasteiger partial charge in [-0.3, -0.25) is 4.79 Å². The molecule has 0 radical (unpaired) electrons. The van der Waals surface area contributed by atoms with Crippen LogP contribution in [0.1, 0.15) is 34.1 Å². The third-order valence-corrected chi connectivity index (χ3v) is 1.31. The minimum Gasteiger partial charge on any atom is -0.319 e. The molecule has 0 heterocycles. The number of carbonyl (C=O) groups excluding carboxylic acids is 1. The van der Waals surface area contributed by atoms with E-state index in [1.807, 2.05) is 13.8 Å². The zero-order chi connectivity index (χ0) is 8.36. The molecule has 0 atom stereocenters. The Morgan fingerprint density at radius 1 is 1.50 bits per heavy atom. The lowest BCUT2D eigenvalue weighted by Gasteiger charge is -2.17. The van der Waals surface area contributed by atoms with Gasteiger partial charge in [0.25, 0.3) is 0 Å². The molecule has 0 aliphatic heterocycles. The predicted octanol–water partition coefficient (Wildman–Crippen LogP) is 1.34. The number of rotatable bonds is 3. The first kappa shape index (κ1) is 9.63. The summed E-state index contributed by atoms with van der Waals surface area (Å²) in [5.41, 5.74) is 4.93. The van der Waals surface area contributed by atoms with Crippen molar-refractivity contribution in [1.82, 2.24) is 0 Å². The normalized spacial score (nSPS) is 12.2. The van der Waals surface area contributed by atoms with E-state index >= 15 is 0 Å². The molecule has 2 heteroatoms. The Kier molecular flexibility index (Phi) is 3.03. The maximum absolute atomic E-state index is 11.2. The number of Topliss-reactive ketones (excluding diaryl/α,β-unsaturated/α-hetero) is 1. The number of carbonyl (C=O) groups is 1. The van der Waals surface area contributed by atoms with E-state index in [1.165, 1.54) is 0 Å². The molecule has 0 rings (SSSR count). The zero-order valence-electron chi connectivity index (χ0n) is 7.27. The second-order valence-corrected chi connectivity index (χ2v) is 3.74. The lowest BCUT2D eigenvalue weighted by atomic mass is 9.93. The first-order valence-electron chi connectivity index (χ1n) is 3.66. The van der Waals surface area contributed by atoms with E-state index < -0.39 is 5.54 Å². The maximum atomic E-state index is 11.2. The number of hydrogen-bond acceptors (Lipinski definition) is 2. The van der Waals surface area contributed by atoms with Gasteiger partial charge in [-0.1, -0.05) is 13.8 Å². The number of nitrogens with two attached hydrogens (primary N) is 1. The van der Waals surface area contributed by atoms with E-state index in [2.05, 4.69) is 0 Å². The first-order valence-corrected chi connectivity index (χ1v) is 3.66. The molecule has 0 aromatic carbocycles. The van der Waals surface area contributed by atoms with Crippen molar-refractivity contribution >= 4 is 5.78 Å². The summed E-state index contributed by atoms with van der Waals surface area (Å²) < 4.78 is 0. The molecule has 60 valence electrons. The molecule has 2 nitrogen and oxygen atoms in total. The van der Waals surface area contributed by atoms with Crippen molar-refractivity contribution in [3.8, 4) is 0 Å². The molecular weight excluding hydrogens is 126 g/mol. The molecule has 0 spiro atoms. The topological polar surface area (TPSA) is 43.1 Å². The van der Waals surface area contributed by atoms with Crippen LogP contribution in [0.15, 0.2) is 0 Å². The third-order valence-electron chi connectivity index (χ3n) is 1.31. The van der Waals surface area contributed by atoms with Crippen molar-refractivity contribution in [2.45, 2.75) is 39.7 Å². The average Bonchev–Trinajstić information content (AvgIpc) is 1.60. The molecular formula is C8H17NO. The fourth-order valence-corrected chi connectivity index (χ4v) is 0.634. The maximum Gasteiger partial charge on any atom is 0.152 e. The highest BCUT2D eigenvalue weighted by atomic mass is 16.1. The van der Waals surface area contributed by atoms with Crippen LogP contribution in [-0.4, -0.2) is 11.3 Å². The Morgan fingerprint density at radius 2 is 1.90 bits per heavy atom. The molecule has 0 aliphatic rings. The predicted molar refractivity (Wildman–Crippen MR) is 42.7 cm³/mol. The molecule has 0 saturated carbocycles. The van der Waals surface area contributed by atoms with E-state index in [0.29, 0.717) is 12.3 Å². The molecule has 0 bridgehead atoms. The minimum atomic E-state index is -0.649. The summed E-state index contributed by atoms with van der Waals surface area (Å²) in [5.74, 6) is 0.554. The molecule has 0 saturated heterocycles. The van der Waals surface area contributed by atoms with Crippen molar-refractivity contribution in [2.24, 2.45) is 11.7 Å². The lowest BCUT2D eigenvalue weighted by molar-refractivity contribution is -0.123. The Morgan fingerprint density at radius 3 is 2.00 bits per heavy atom. The van der Waals surface area contributed by atoms with Crippen LogP contribution in [0.4, 0.5) is 0 Å². The van der Waals surface area contributed by atoms with Gasteiger partial charge in [-0.25, -0.2) is 0 Å². The lowest BCUT2D eigenvalue weighted by Crippen LogP contribution is -2.41. The molecule has 0 aliphatic carbocycles. The highest BCUT2D eigenvalue weighted by Crippen LogP contribution is 2.08. The zero-order valence-corrected chi connectivity index (χ0v) is 7.27. The van der Waals surface area contributed by atoms with Crippen LogP contribution in [0, 0.1) is 5.92 Å². The van der Waals surface area contributed by atoms with E-state index in [-0.39, 0.29) is 5.78 Å². The highest BCUT2D eigenvalue weighted by molar-refractivity contribution is 5.87. The summed E-state index contributed by atoms with van der Waals surface area (Å²) in [4.78, 5) is 11.2. The van der Waals surface area contributed by atoms with Gasteiger partial charge in [0, 0.05) is 6.42 Å². The summed E-state index contributed by atoms with van der Waals surface area (Å²) in [6, 6.07) is 0. The largest absolute Gasteiger partial charge is 0.319 e. The molecule has 0 amide bonds. The fourth-order valence-electron chi connectivity index (χ4n) is 0.634. The smallest absolute Gasteiger partial charge is 0.152 e. The van der Waals surface area contributed by atoms with Crippen LogP contribution in [-0.2, 0) is 4.79 Å². The summed E-state index contributed by atoms with van der Waals surface area (Å²) in [7, 11) is 0. The van der Waals surface area contributed by atoms with Crippen LogP contribution < -0.4 is 5.73 Å². The molecule has 0 aromatic rings. The van der Waals surface area contributed by atoms with E-state index in [9.17, 15) is 4.79 Å². The second-order valence-electron chi connectivity index (χ2n) is 3.74. The van der Waals surface area contributed by atoms with Crippen molar-refractivity contribution in [3.05, 3.63) is 0 Å². The van der Waals surface area contributed by atoms with Crippen LogP contribution in [0.5, 0.6) is 0 Å². The van der Waals surface area contributed by atoms with Crippen molar-refractivity contribution < 1.29 is 4.79 Å². The van der Waals surface area contributed by atoms with Gasteiger partial charge >= 0.3 is 0 Å². The Labute approximate surface area is 62.8 Å². The third kappa shape index (κ3) is 3.62. The van der Waals surface area contributed by atoms with Crippen molar-refractivity contribution in [2.75, 3.05) is 0 Å². The van der Waals surface area contributed by atoms with Gasteiger partial charge < -0.3 is 5.73 Å². The van der Waals surface area contributed by atoms with Gasteiger partial charge in [0.05, 0.1) is 5.54 Å². The second kappa shape index (κ2) is 3.15. The first-order chi connectivity index (χ1) is 4.34. The molecule has 0 fully saturated rings. The standard InChI is InChI=1S/C8H17NO/c1-6(2)5-7(10)8(3,4)9/h6H,5,9H2,1-4H3. The fraction of sp³-hybridized carbons (Fsp3) is 0.875. The Bertz CT molecular complexity index is 122.